The summed E-state index contributed by atoms with van der Waals surface area (Å²) in [6, 6.07) is 0. The summed E-state index contributed by atoms with van der Waals surface area (Å²) in [5, 5.41) is 8.68. The van der Waals surface area contributed by atoms with Crippen LogP contribution in [0, 0.1) is 0 Å². The van der Waals surface area contributed by atoms with E-state index in [0.29, 0.717) is 19.6 Å². The van der Waals surface area contributed by atoms with Gasteiger partial charge in [0.15, 0.2) is 0 Å². The third kappa shape index (κ3) is 5.17. The van der Waals surface area contributed by atoms with E-state index in [9.17, 15) is 8.42 Å². The molecular formula is C10H23N3O4S. The van der Waals surface area contributed by atoms with Gasteiger partial charge in [0, 0.05) is 39.8 Å². The zero-order chi connectivity index (χ0) is 13.6. The Hall–Kier alpha value is -0.250. The number of hydrogen-bond acceptors (Lipinski definition) is 5. The van der Waals surface area contributed by atoms with Crippen LogP contribution in [0.4, 0.5) is 0 Å². The van der Waals surface area contributed by atoms with Crippen molar-refractivity contribution in [1.82, 2.24) is 13.9 Å². The summed E-state index contributed by atoms with van der Waals surface area (Å²) in [5.41, 5.74) is 0. The molecule has 1 aliphatic rings. The van der Waals surface area contributed by atoms with Gasteiger partial charge in [-0.2, -0.15) is 17.4 Å². The molecule has 8 heteroatoms. The average Bonchev–Trinajstić information content (AvgIpc) is 2.33. The van der Waals surface area contributed by atoms with E-state index in [2.05, 4.69) is 9.62 Å². The van der Waals surface area contributed by atoms with Gasteiger partial charge in [-0.25, -0.2) is 0 Å². The molecule has 1 unspecified atom stereocenters. The number of aliphatic hydroxyl groups is 1. The van der Waals surface area contributed by atoms with Gasteiger partial charge >= 0.3 is 0 Å². The fourth-order valence-electron chi connectivity index (χ4n) is 1.71. The lowest BCUT2D eigenvalue weighted by Crippen LogP contribution is -2.48. The first kappa shape index (κ1) is 15.8. The number of aliphatic hydroxyl groups excluding tert-OH is 1. The Morgan fingerprint density at radius 3 is 2.89 bits per heavy atom. The molecule has 7 nitrogen and oxygen atoms in total. The van der Waals surface area contributed by atoms with Crippen molar-refractivity contribution in [2.45, 2.75) is 12.5 Å². The summed E-state index contributed by atoms with van der Waals surface area (Å²) in [6.07, 6.45) is 0.324. The first-order chi connectivity index (χ1) is 8.45. The van der Waals surface area contributed by atoms with Gasteiger partial charge in [-0.15, -0.1) is 0 Å². The second kappa shape index (κ2) is 7.37. The van der Waals surface area contributed by atoms with Crippen LogP contribution in [0.2, 0.25) is 0 Å². The zero-order valence-corrected chi connectivity index (χ0v) is 11.8. The van der Waals surface area contributed by atoms with Gasteiger partial charge in [0.1, 0.15) is 0 Å². The van der Waals surface area contributed by atoms with E-state index < -0.39 is 10.2 Å². The molecule has 1 saturated heterocycles. The molecule has 1 aliphatic heterocycles. The predicted molar refractivity (Wildman–Crippen MR) is 68.5 cm³/mol. The summed E-state index contributed by atoms with van der Waals surface area (Å²) >= 11 is 0. The highest BCUT2D eigenvalue weighted by molar-refractivity contribution is 7.87. The number of likely N-dealkylation sites (N-methyl/N-ethyl adjacent to an activating group) is 1. The molecule has 0 saturated carbocycles. The first-order valence-electron chi connectivity index (χ1n) is 6.07. The molecule has 1 heterocycles. The van der Waals surface area contributed by atoms with E-state index in [1.54, 1.807) is 0 Å². The van der Waals surface area contributed by atoms with Crippen LogP contribution < -0.4 is 4.72 Å². The normalized spacial score (nSPS) is 22.6. The van der Waals surface area contributed by atoms with Crippen molar-refractivity contribution in [3.63, 3.8) is 0 Å². The van der Waals surface area contributed by atoms with Gasteiger partial charge in [-0.05, 0) is 13.5 Å². The van der Waals surface area contributed by atoms with Crippen molar-refractivity contribution in [1.29, 1.82) is 0 Å². The van der Waals surface area contributed by atoms with E-state index in [1.807, 2.05) is 7.05 Å². The molecule has 1 fully saturated rings. The van der Waals surface area contributed by atoms with Crippen molar-refractivity contribution in [2.24, 2.45) is 0 Å². The van der Waals surface area contributed by atoms with Crippen molar-refractivity contribution in [3.8, 4) is 0 Å². The summed E-state index contributed by atoms with van der Waals surface area (Å²) in [7, 11) is -0.000245. The number of rotatable bonds is 7. The molecule has 0 amide bonds. The molecule has 0 aliphatic carbocycles. The monoisotopic (exact) mass is 281 g/mol. The van der Waals surface area contributed by atoms with Gasteiger partial charge in [0.2, 0.25) is 0 Å². The van der Waals surface area contributed by atoms with E-state index in [0.717, 1.165) is 13.1 Å². The lowest BCUT2D eigenvalue weighted by molar-refractivity contribution is -0.0157. The molecule has 2 N–H and O–H groups in total. The van der Waals surface area contributed by atoms with Gasteiger partial charge in [-0.3, -0.25) is 0 Å². The van der Waals surface area contributed by atoms with Crippen LogP contribution >= 0.6 is 0 Å². The van der Waals surface area contributed by atoms with Gasteiger partial charge in [0.25, 0.3) is 10.2 Å². The Morgan fingerprint density at radius 1 is 1.56 bits per heavy atom. The minimum absolute atomic E-state index is 0.0175. The Kier molecular flexibility index (Phi) is 6.47. The summed E-state index contributed by atoms with van der Waals surface area (Å²) in [4.78, 5) is 2.11. The third-order valence-corrected chi connectivity index (χ3v) is 4.41. The van der Waals surface area contributed by atoms with Gasteiger partial charge in [-0.1, -0.05) is 0 Å². The standard InChI is InChI=1S/C10H23N3O4S/c1-12-5-7-17-10(9-12)8-11-18(15,16)13(2)4-3-6-14/h10-11,14H,3-9H2,1-2H3. The molecule has 0 bridgehead atoms. The summed E-state index contributed by atoms with van der Waals surface area (Å²) < 4.78 is 32.9. The lowest BCUT2D eigenvalue weighted by Gasteiger charge is -2.30. The smallest absolute Gasteiger partial charge is 0.279 e. The minimum Gasteiger partial charge on any atom is -0.396 e. The van der Waals surface area contributed by atoms with Gasteiger partial charge in [0.05, 0.1) is 12.7 Å². The molecule has 0 aromatic heterocycles. The van der Waals surface area contributed by atoms with E-state index in [1.165, 1.54) is 11.4 Å². The van der Waals surface area contributed by atoms with Crippen LogP contribution in [0.15, 0.2) is 0 Å². The van der Waals surface area contributed by atoms with Crippen molar-refractivity contribution < 1.29 is 18.3 Å². The Morgan fingerprint density at radius 2 is 2.28 bits per heavy atom. The number of morpholine rings is 1. The van der Waals surface area contributed by atoms with E-state index in [4.69, 9.17) is 9.84 Å². The molecule has 0 spiro atoms. The molecule has 1 atom stereocenters. The fourth-order valence-corrected chi connectivity index (χ4v) is 2.70. The lowest BCUT2D eigenvalue weighted by atomic mass is 10.3. The quantitative estimate of drug-likeness (QED) is 0.591. The van der Waals surface area contributed by atoms with Crippen LogP contribution in [0.3, 0.4) is 0 Å². The second-order valence-electron chi connectivity index (χ2n) is 4.51. The SMILES string of the molecule is CN1CCOC(CNS(=O)(=O)N(C)CCCO)C1. The van der Waals surface area contributed by atoms with Crippen molar-refractivity contribution >= 4 is 10.2 Å². The first-order valence-corrected chi connectivity index (χ1v) is 7.51. The Balaban J connectivity index is 2.36. The highest BCUT2D eigenvalue weighted by Gasteiger charge is 2.22. The maximum atomic E-state index is 11.8. The van der Waals surface area contributed by atoms with Crippen molar-refractivity contribution in [2.75, 3.05) is 53.5 Å². The van der Waals surface area contributed by atoms with Crippen LogP contribution in [0.1, 0.15) is 6.42 Å². The number of hydrogen-bond donors (Lipinski definition) is 2. The molecule has 108 valence electrons. The predicted octanol–water partition coefficient (Wildman–Crippen LogP) is -1.53. The Bertz CT molecular complexity index is 336. The molecule has 0 aromatic carbocycles. The highest BCUT2D eigenvalue weighted by atomic mass is 32.2. The average molecular weight is 281 g/mol. The molecule has 0 aromatic rings. The van der Waals surface area contributed by atoms with Gasteiger partial charge < -0.3 is 14.7 Å². The highest BCUT2D eigenvalue weighted by Crippen LogP contribution is 2.03. The maximum absolute atomic E-state index is 11.8. The van der Waals surface area contributed by atoms with Crippen LogP contribution in [-0.2, 0) is 14.9 Å². The zero-order valence-electron chi connectivity index (χ0n) is 11.0. The molecular weight excluding hydrogens is 258 g/mol. The van der Waals surface area contributed by atoms with Crippen LogP contribution in [0.25, 0.3) is 0 Å². The van der Waals surface area contributed by atoms with Crippen LogP contribution in [0.5, 0.6) is 0 Å². The largest absolute Gasteiger partial charge is 0.396 e. The number of ether oxygens (including phenoxy) is 1. The minimum atomic E-state index is -3.48. The number of nitrogens with zero attached hydrogens (tertiary/aromatic N) is 2. The molecule has 18 heavy (non-hydrogen) atoms. The number of nitrogens with one attached hydrogen (secondary N) is 1. The van der Waals surface area contributed by atoms with E-state index in [-0.39, 0.29) is 19.3 Å². The van der Waals surface area contributed by atoms with Crippen molar-refractivity contribution in [3.05, 3.63) is 0 Å². The topological polar surface area (TPSA) is 82.1 Å². The summed E-state index contributed by atoms with van der Waals surface area (Å²) in [6.45, 7) is 2.79. The Labute approximate surface area is 109 Å². The summed E-state index contributed by atoms with van der Waals surface area (Å²) in [5.74, 6) is 0. The second-order valence-corrected chi connectivity index (χ2v) is 6.37. The van der Waals surface area contributed by atoms with Crippen LogP contribution in [-0.4, -0.2) is 82.3 Å². The molecule has 1 rings (SSSR count). The fraction of sp³-hybridized carbons (Fsp3) is 1.00. The van der Waals surface area contributed by atoms with E-state index >= 15 is 0 Å². The molecule has 0 radical (unpaired) electrons. The maximum Gasteiger partial charge on any atom is 0.279 e. The third-order valence-electron chi connectivity index (χ3n) is 2.88.